The van der Waals surface area contributed by atoms with Crippen LogP contribution < -0.4 is 5.32 Å². The maximum Gasteiger partial charge on any atom is 0.407 e. The fourth-order valence-electron chi connectivity index (χ4n) is 5.40. The van der Waals surface area contributed by atoms with E-state index in [9.17, 15) is 19.5 Å². The van der Waals surface area contributed by atoms with Crippen molar-refractivity contribution in [3.63, 3.8) is 0 Å². The Labute approximate surface area is 206 Å². The molecular formula is C28H34N2O5. The number of ether oxygens (including phenoxy) is 1. The van der Waals surface area contributed by atoms with Gasteiger partial charge < -0.3 is 20.1 Å². The zero-order valence-corrected chi connectivity index (χ0v) is 20.5. The number of benzene rings is 2. The van der Waals surface area contributed by atoms with Gasteiger partial charge in [-0.15, -0.1) is 0 Å². The summed E-state index contributed by atoms with van der Waals surface area (Å²) in [6.45, 7) is 4.75. The van der Waals surface area contributed by atoms with E-state index in [0.717, 1.165) is 11.1 Å². The monoisotopic (exact) mass is 478 g/mol. The van der Waals surface area contributed by atoms with Crippen LogP contribution in [0.3, 0.4) is 0 Å². The van der Waals surface area contributed by atoms with Crippen molar-refractivity contribution in [1.82, 2.24) is 10.2 Å². The molecule has 0 aromatic heterocycles. The number of hydrogen-bond acceptors (Lipinski definition) is 4. The van der Waals surface area contributed by atoms with Gasteiger partial charge in [-0.25, -0.2) is 4.79 Å². The van der Waals surface area contributed by atoms with Crippen LogP contribution in [0.15, 0.2) is 48.5 Å². The number of carbonyl (C=O) groups is 3. The predicted octanol–water partition coefficient (Wildman–Crippen LogP) is 4.80. The lowest BCUT2D eigenvalue weighted by Crippen LogP contribution is -2.51. The van der Waals surface area contributed by atoms with Crippen LogP contribution in [-0.2, 0) is 14.3 Å². The summed E-state index contributed by atoms with van der Waals surface area (Å²) in [6, 6.07) is 16.0. The predicted molar refractivity (Wildman–Crippen MR) is 133 cm³/mol. The molecule has 2 aliphatic rings. The van der Waals surface area contributed by atoms with Gasteiger partial charge in [0.25, 0.3) is 0 Å². The molecule has 2 amide bonds. The molecule has 2 N–H and O–H groups in total. The highest BCUT2D eigenvalue weighted by Crippen LogP contribution is 2.44. The van der Waals surface area contributed by atoms with Crippen LogP contribution in [-0.4, -0.2) is 53.7 Å². The molecule has 2 atom stereocenters. The minimum atomic E-state index is -0.879. The molecule has 1 fully saturated rings. The first kappa shape index (κ1) is 24.8. The molecule has 0 bridgehead atoms. The summed E-state index contributed by atoms with van der Waals surface area (Å²) in [7, 11) is 0. The maximum absolute atomic E-state index is 13.0. The number of fused-ring (bicyclic) bond motifs is 3. The summed E-state index contributed by atoms with van der Waals surface area (Å²) in [4.78, 5) is 39.1. The highest BCUT2D eigenvalue weighted by molar-refractivity contribution is 5.81. The summed E-state index contributed by atoms with van der Waals surface area (Å²) in [6.07, 6.45) is 1.89. The number of alkyl carbamates (subject to hydrolysis) is 1. The second-order valence-electron chi connectivity index (χ2n) is 9.64. The smallest absolute Gasteiger partial charge is 0.407 e. The van der Waals surface area contributed by atoms with Crippen molar-refractivity contribution in [3.05, 3.63) is 59.7 Å². The van der Waals surface area contributed by atoms with Gasteiger partial charge in [-0.3, -0.25) is 9.59 Å². The van der Waals surface area contributed by atoms with E-state index >= 15 is 0 Å². The molecule has 0 saturated carbocycles. The Kier molecular flexibility index (Phi) is 7.43. The minimum Gasteiger partial charge on any atom is -0.481 e. The van der Waals surface area contributed by atoms with Gasteiger partial charge in [0.2, 0.25) is 5.91 Å². The quantitative estimate of drug-likeness (QED) is 0.568. The van der Waals surface area contributed by atoms with Crippen molar-refractivity contribution >= 4 is 18.0 Å². The molecule has 1 saturated heterocycles. The number of amides is 2. The first-order valence-corrected chi connectivity index (χ1v) is 12.5. The van der Waals surface area contributed by atoms with E-state index in [2.05, 4.69) is 29.6 Å². The molecule has 1 heterocycles. The lowest BCUT2D eigenvalue weighted by atomic mass is 9.77. The number of nitrogens with zero attached hydrogens (tertiary/aromatic N) is 1. The second-order valence-corrected chi connectivity index (χ2v) is 9.64. The fourth-order valence-corrected chi connectivity index (χ4v) is 5.40. The summed E-state index contributed by atoms with van der Waals surface area (Å²) in [5.41, 5.74) is 3.74. The molecule has 0 spiro atoms. The topological polar surface area (TPSA) is 95.9 Å². The molecule has 1 aliphatic carbocycles. The molecule has 7 heteroatoms. The van der Waals surface area contributed by atoms with Gasteiger partial charge in [0.05, 0.1) is 5.41 Å². The van der Waals surface area contributed by atoms with Crippen LogP contribution in [0.1, 0.15) is 63.0 Å². The number of carboxylic acid groups (broad SMARTS) is 1. The largest absolute Gasteiger partial charge is 0.481 e. The van der Waals surface area contributed by atoms with Crippen LogP contribution >= 0.6 is 0 Å². The average Bonchev–Trinajstić information content (AvgIpc) is 3.20. The van der Waals surface area contributed by atoms with E-state index in [-0.39, 0.29) is 37.4 Å². The molecular weight excluding hydrogens is 444 g/mol. The Morgan fingerprint density at radius 2 is 1.71 bits per heavy atom. The van der Waals surface area contributed by atoms with Crippen molar-refractivity contribution in [1.29, 1.82) is 0 Å². The number of carboxylic acids is 1. The fraction of sp³-hybridized carbons (Fsp3) is 0.464. The minimum absolute atomic E-state index is 0.0265. The molecule has 186 valence electrons. The van der Waals surface area contributed by atoms with E-state index in [1.165, 1.54) is 11.1 Å². The van der Waals surface area contributed by atoms with Crippen LogP contribution in [0.4, 0.5) is 4.79 Å². The number of carbonyl (C=O) groups excluding carboxylic acids is 2. The number of likely N-dealkylation sites (tertiary alicyclic amines) is 1. The van der Waals surface area contributed by atoms with E-state index in [1.54, 1.807) is 4.90 Å². The van der Waals surface area contributed by atoms with Crippen LogP contribution in [0.25, 0.3) is 11.1 Å². The lowest BCUT2D eigenvalue weighted by Gasteiger charge is -2.39. The highest BCUT2D eigenvalue weighted by atomic mass is 16.5. The van der Waals surface area contributed by atoms with Crippen molar-refractivity contribution in [2.75, 3.05) is 19.7 Å². The summed E-state index contributed by atoms with van der Waals surface area (Å²) < 4.78 is 5.63. The van der Waals surface area contributed by atoms with Gasteiger partial charge in [-0.2, -0.15) is 0 Å². The lowest BCUT2D eigenvalue weighted by molar-refractivity contribution is -0.155. The molecule has 2 aromatic rings. The SMILES string of the molecule is CC[C@@H](CC(=O)N1CCCC(CC)(C(=O)O)C1)NC(=O)OCC1c2ccccc2-c2ccccc21. The van der Waals surface area contributed by atoms with Gasteiger partial charge in [0.15, 0.2) is 0 Å². The van der Waals surface area contributed by atoms with Gasteiger partial charge in [-0.1, -0.05) is 62.4 Å². The number of nitrogens with one attached hydrogen (secondary N) is 1. The molecule has 4 rings (SSSR count). The van der Waals surface area contributed by atoms with E-state index in [4.69, 9.17) is 4.74 Å². The molecule has 35 heavy (non-hydrogen) atoms. The zero-order chi connectivity index (χ0) is 25.0. The number of aliphatic carboxylic acids is 1. The first-order valence-electron chi connectivity index (χ1n) is 12.5. The average molecular weight is 479 g/mol. The van der Waals surface area contributed by atoms with Gasteiger partial charge >= 0.3 is 12.1 Å². The molecule has 0 radical (unpaired) electrons. The van der Waals surface area contributed by atoms with Crippen LogP contribution in [0, 0.1) is 5.41 Å². The number of piperidine rings is 1. The van der Waals surface area contributed by atoms with Gasteiger partial charge in [-0.05, 0) is 47.9 Å². The third-order valence-electron chi connectivity index (χ3n) is 7.64. The first-order chi connectivity index (χ1) is 16.9. The van der Waals surface area contributed by atoms with Crippen LogP contribution in [0.5, 0.6) is 0 Å². The van der Waals surface area contributed by atoms with Crippen molar-refractivity contribution in [3.8, 4) is 11.1 Å². The van der Waals surface area contributed by atoms with E-state index in [1.807, 2.05) is 38.1 Å². The van der Waals surface area contributed by atoms with Gasteiger partial charge in [0, 0.05) is 31.5 Å². The highest BCUT2D eigenvalue weighted by Gasteiger charge is 2.42. The summed E-state index contributed by atoms with van der Waals surface area (Å²) >= 11 is 0. The summed E-state index contributed by atoms with van der Waals surface area (Å²) in [5, 5.41) is 12.5. The summed E-state index contributed by atoms with van der Waals surface area (Å²) in [5.74, 6) is -1.00. The number of rotatable bonds is 8. The maximum atomic E-state index is 13.0. The zero-order valence-electron chi connectivity index (χ0n) is 20.5. The Bertz CT molecular complexity index is 1050. The van der Waals surface area contributed by atoms with Crippen molar-refractivity contribution < 1.29 is 24.2 Å². The molecule has 1 aliphatic heterocycles. The molecule has 1 unspecified atom stereocenters. The van der Waals surface area contributed by atoms with Crippen molar-refractivity contribution in [2.24, 2.45) is 5.41 Å². The Morgan fingerprint density at radius 3 is 2.29 bits per heavy atom. The Morgan fingerprint density at radius 1 is 1.09 bits per heavy atom. The third-order valence-corrected chi connectivity index (χ3v) is 7.64. The number of hydrogen-bond donors (Lipinski definition) is 2. The standard InChI is InChI=1S/C28H34N2O5/c1-3-19(16-25(31)30-15-9-14-28(4-2,18-30)26(32)33)29-27(34)35-17-24-22-12-7-5-10-20(22)21-11-6-8-13-23(21)24/h5-8,10-13,19,24H,3-4,9,14-18H2,1-2H3,(H,29,34)(H,32,33)/t19-,28?/m0/s1. The Hall–Kier alpha value is -3.35. The molecule has 2 aromatic carbocycles. The molecule has 7 nitrogen and oxygen atoms in total. The third kappa shape index (κ3) is 5.04. The van der Waals surface area contributed by atoms with E-state index < -0.39 is 17.5 Å². The van der Waals surface area contributed by atoms with Crippen molar-refractivity contribution in [2.45, 2.75) is 57.9 Å². The van der Waals surface area contributed by atoms with Gasteiger partial charge in [0.1, 0.15) is 6.61 Å². The Balaban J connectivity index is 1.34. The second kappa shape index (κ2) is 10.5. The van der Waals surface area contributed by atoms with Crippen LogP contribution in [0.2, 0.25) is 0 Å². The van der Waals surface area contributed by atoms with E-state index in [0.29, 0.717) is 32.2 Å². The normalized spacial score (nSPS) is 20.0.